The molecule has 0 saturated carbocycles. The average molecular weight is 687 g/mol. The fourth-order valence-corrected chi connectivity index (χ4v) is 6.76. The number of nitrogens with zero attached hydrogens (tertiary/aromatic N) is 2. The van der Waals surface area contributed by atoms with Crippen molar-refractivity contribution in [3.05, 3.63) is 129 Å². The monoisotopic (exact) mass is 685 g/mol. The highest BCUT2D eigenvalue weighted by molar-refractivity contribution is 7.92. The molecule has 0 aromatic heterocycles. The third-order valence-corrected chi connectivity index (χ3v) is 9.86. The number of anilines is 1. The zero-order valence-corrected chi connectivity index (χ0v) is 28.0. The number of nitrogens with one attached hydrogen (secondary N) is 1. The Bertz CT molecular complexity index is 1720. The summed E-state index contributed by atoms with van der Waals surface area (Å²) < 4.78 is 29.1. The topological polar surface area (TPSA) is 86.8 Å². The second-order valence-corrected chi connectivity index (χ2v) is 14.0. The molecule has 1 unspecified atom stereocenters. The van der Waals surface area contributed by atoms with Crippen molar-refractivity contribution in [2.45, 2.75) is 37.8 Å². The lowest BCUT2D eigenvalue weighted by molar-refractivity contribution is -0.140. The van der Waals surface area contributed by atoms with Gasteiger partial charge >= 0.3 is 0 Å². The van der Waals surface area contributed by atoms with Crippen LogP contribution >= 0.6 is 34.8 Å². The lowest BCUT2D eigenvalue weighted by Crippen LogP contribution is -2.53. The van der Waals surface area contributed by atoms with Crippen molar-refractivity contribution in [2.24, 2.45) is 5.92 Å². The molecule has 1 atom stereocenters. The molecule has 0 spiro atoms. The minimum Gasteiger partial charge on any atom is -0.354 e. The predicted molar refractivity (Wildman–Crippen MR) is 181 cm³/mol. The van der Waals surface area contributed by atoms with Crippen LogP contribution in [0.4, 0.5) is 5.69 Å². The maximum absolute atomic E-state index is 14.5. The van der Waals surface area contributed by atoms with Gasteiger partial charge in [0, 0.05) is 19.5 Å². The van der Waals surface area contributed by atoms with Crippen molar-refractivity contribution in [3.8, 4) is 0 Å². The van der Waals surface area contributed by atoms with E-state index in [9.17, 15) is 18.0 Å². The van der Waals surface area contributed by atoms with Crippen LogP contribution in [0.25, 0.3) is 0 Å². The van der Waals surface area contributed by atoms with Crippen LogP contribution in [0.1, 0.15) is 25.0 Å². The van der Waals surface area contributed by atoms with Crippen molar-refractivity contribution in [1.82, 2.24) is 10.2 Å². The number of sulfonamides is 1. The van der Waals surface area contributed by atoms with E-state index in [2.05, 4.69) is 5.32 Å². The van der Waals surface area contributed by atoms with E-state index in [0.29, 0.717) is 17.1 Å². The molecule has 0 aliphatic heterocycles. The summed E-state index contributed by atoms with van der Waals surface area (Å²) in [5.74, 6) is -0.811. The van der Waals surface area contributed by atoms with Crippen molar-refractivity contribution in [3.63, 3.8) is 0 Å². The van der Waals surface area contributed by atoms with Gasteiger partial charge in [-0.2, -0.15) is 0 Å². The molecule has 4 aromatic carbocycles. The first-order valence-electron chi connectivity index (χ1n) is 14.3. The normalized spacial score (nSPS) is 12.0. The Balaban J connectivity index is 1.81. The molecule has 4 rings (SSSR count). The molecule has 0 radical (unpaired) electrons. The molecule has 7 nitrogen and oxygen atoms in total. The standard InChI is InChI=1S/C34H34Cl3N3O4S/c1-24(2)21-38-34(42)32(20-25-11-5-3-6-12-25)39(22-26-17-18-28(35)30(37)19-26)33(41)23-40(31-16-10-9-15-29(31)36)45(43,44)27-13-7-4-8-14-27/h3-19,24,32H,20-23H2,1-2H3,(H,38,42). The average Bonchev–Trinajstić information content (AvgIpc) is 3.03. The van der Waals surface area contributed by atoms with Crippen LogP contribution in [-0.4, -0.2) is 44.3 Å². The minimum absolute atomic E-state index is 0.00994. The van der Waals surface area contributed by atoms with Gasteiger partial charge in [-0.3, -0.25) is 13.9 Å². The fourth-order valence-electron chi connectivity index (χ4n) is 4.70. The number of carbonyl (C=O) groups excluding carboxylic acids is 2. The largest absolute Gasteiger partial charge is 0.354 e. The third-order valence-electron chi connectivity index (χ3n) is 7.02. The van der Waals surface area contributed by atoms with E-state index in [0.717, 1.165) is 9.87 Å². The van der Waals surface area contributed by atoms with Gasteiger partial charge in [-0.1, -0.05) is 115 Å². The number of halogens is 3. The molecule has 1 N–H and O–H groups in total. The van der Waals surface area contributed by atoms with Gasteiger partial charge < -0.3 is 10.2 Å². The van der Waals surface area contributed by atoms with Crippen molar-refractivity contribution >= 4 is 62.3 Å². The van der Waals surface area contributed by atoms with E-state index in [1.165, 1.54) is 23.1 Å². The maximum atomic E-state index is 14.5. The molecular weight excluding hydrogens is 653 g/mol. The molecular formula is C34H34Cl3N3O4S. The molecule has 11 heteroatoms. The highest BCUT2D eigenvalue weighted by Gasteiger charge is 2.35. The van der Waals surface area contributed by atoms with E-state index in [1.807, 2.05) is 44.2 Å². The number of amides is 2. The molecule has 0 bridgehead atoms. The van der Waals surface area contributed by atoms with Crippen molar-refractivity contribution in [1.29, 1.82) is 0 Å². The quantitative estimate of drug-likeness (QED) is 0.161. The van der Waals surface area contributed by atoms with Gasteiger partial charge in [0.05, 0.1) is 25.7 Å². The van der Waals surface area contributed by atoms with Crippen LogP contribution in [0.2, 0.25) is 15.1 Å². The summed E-state index contributed by atoms with van der Waals surface area (Å²) in [7, 11) is -4.25. The number of benzene rings is 4. The minimum atomic E-state index is -4.25. The summed E-state index contributed by atoms with van der Waals surface area (Å²) in [6, 6.07) is 27.5. The van der Waals surface area contributed by atoms with Crippen LogP contribution in [-0.2, 0) is 32.6 Å². The molecule has 0 heterocycles. The number of carbonyl (C=O) groups is 2. The summed E-state index contributed by atoms with van der Waals surface area (Å²) in [5, 5.41) is 3.74. The number of hydrogen-bond donors (Lipinski definition) is 1. The number of hydrogen-bond acceptors (Lipinski definition) is 4. The van der Waals surface area contributed by atoms with E-state index in [-0.39, 0.29) is 45.4 Å². The van der Waals surface area contributed by atoms with Gasteiger partial charge in [-0.05, 0) is 53.4 Å². The lowest BCUT2D eigenvalue weighted by atomic mass is 10.0. The first-order chi connectivity index (χ1) is 21.5. The summed E-state index contributed by atoms with van der Waals surface area (Å²) in [5.41, 5.74) is 1.58. The number of rotatable bonds is 13. The van der Waals surface area contributed by atoms with Crippen LogP contribution in [0.3, 0.4) is 0 Å². The Morgan fingerprint density at radius 3 is 2.00 bits per heavy atom. The summed E-state index contributed by atoms with van der Waals surface area (Å²) >= 11 is 19.0. The van der Waals surface area contributed by atoms with Crippen molar-refractivity contribution < 1.29 is 18.0 Å². The summed E-state index contributed by atoms with van der Waals surface area (Å²) in [6.07, 6.45) is 0.190. The van der Waals surface area contributed by atoms with Gasteiger partial charge in [0.15, 0.2) is 0 Å². The Morgan fingerprint density at radius 1 is 0.756 bits per heavy atom. The highest BCUT2D eigenvalue weighted by atomic mass is 35.5. The second-order valence-electron chi connectivity index (χ2n) is 10.9. The van der Waals surface area contributed by atoms with E-state index >= 15 is 0 Å². The fraction of sp³-hybridized carbons (Fsp3) is 0.235. The molecule has 45 heavy (non-hydrogen) atoms. The smallest absolute Gasteiger partial charge is 0.264 e. The van der Waals surface area contributed by atoms with Gasteiger partial charge in [-0.25, -0.2) is 8.42 Å². The lowest BCUT2D eigenvalue weighted by Gasteiger charge is -2.34. The van der Waals surface area contributed by atoms with Crippen LogP contribution in [0.15, 0.2) is 108 Å². The Hall–Kier alpha value is -3.56. The van der Waals surface area contributed by atoms with E-state index in [1.54, 1.807) is 54.6 Å². The maximum Gasteiger partial charge on any atom is 0.264 e. The summed E-state index contributed by atoms with van der Waals surface area (Å²) in [6.45, 7) is 3.68. The highest BCUT2D eigenvalue weighted by Crippen LogP contribution is 2.31. The first kappa shape index (κ1) is 34.3. The van der Waals surface area contributed by atoms with Gasteiger partial charge in [0.1, 0.15) is 12.6 Å². The SMILES string of the molecule is CC(C)CNC(=O)C(Cc1ccccc1)N(Cc1ccc(Cl)c(Cl)c1)C(=O)CN(c1ccccc1Cl)S(=O)(=O)c1ccccc1. The van der Waals surface area contributed by atoms with Gasteiger partial charge in [0.2, 0.25) is 11.8 Å². The molecule has 2 amide bonds. The zero-order valence-electron chi connectivity index (χ0n) is 24.9. The third kappa shape index (κ3) is 9.01. The molecule has 0 aliphatic rings. The molecule has 0 aliphatic carbocycles. The first-order valence-corrected chi connectivity index (χ1v) is 16.9. The van der Waals surface area contributed by atoms with E-state index < -0.39 is 28.5 Å². The predicted octanol–water partition coefficient (Wildman–Crippen LogP) is 7.25. The molecule has 236 valence electrons. The Kier molecular flexibility index (Phi) is 11.9. The molecule has 4 aromatic rings. The van der Waals surface area contributed by atoms with Crippen LogP contribution in [0.5, 0.6) is 0 Å². The zero-order chi connectivity index (χ0) is 32.6. The van der Waals surface area contributed by atoms with Gasteiger partial charge in [-0.15, -0.1) is 0 Å². The van der Waals surface area contributed by atoms with Gasteiger partial charge in [0.25, 0.3) is 10.0 Å². The molecule has 0 fully saturated rings. The van der Waals surface area contributed by atoms with Crippen LogP contribution in [0, 0.1) is 5.92 Å². The Morgan fingerprint density at radius 2 is 1.38 bits per heavy atom. The van der Waals surface area contributed by atoms with E-state index in [4.69, 9.17) is 34.8 Å². The Labute approximate surface area is 279 Å². The van der Waals surface area contributed by atoms with Crippen molar-refractivity contribution in [2.75, 3.05) is 17.4 Å². The van der Waals surface area contributed by atoms with Crippen LogP contribution < -0.4 is 9.62 Å². The second kappa shape index (κ2) is 15.6. The molecule has 0 saturated heterocycles. The number of para-hydroxylation sites is 1. The summed E-state index contributed by atoms with van der Waals surface area (Å²) in [4.78, 5) is 29.7.